The SMILES string of the molecule is I.NC(=NCCNC(=O)CC1CCCC1)Nc1ccc2c(c1)OCCCO2. The van der Waals surface area contributed by atoms with Crippen LogP contribution >= 0.6 is 24.0 Å². The average Bonchev–Trinajstić information content (AvgIpc) is 3.01. The Balaban J connectivity index is 0.00000261. The summed E-state index contributed by atoms with van der Waals surface area (Å²) in [6.07, 6.45) is 6.37. The van der Waals surface area contributed by atoms with Gasteiger partial charge in [-0.05, 0) is 30.9 Å². The minimum atomic E-state index is 0. The summed E-state index contributed by atoms with van der Waals surface area (Å²) in [5, 5.41) is 5.95. The number of nitrogens with zero attached hydrogens (tertiary/aromatic N) is 1. The first kappa shape index (κ1) is 21.6. The van der Waals surface area contributed by atoms with Crippen molar-refractivity contribution < 1.29 is 14.3 Å². The number of hydrogen-bond acceptors (Lipinski definition) is 4. The van der Waals surface area contributed by atoms with Crippen molar-refractivity contribution in [2.75, 3.05) is 31.6 Å². The maximum atomic E-state index is 11.9. The fourth-order valence-electron chi connectivity index (χ4n) is 3.35. The predicted molar refractivity (Wildman–Crippen MR) is 117 cm³/mol. The Kier molecular flexibility index (Phi) is 8.96. The Morgan fingerprint density at radius 2 is 1.89 bits per heavy atom. The molecule has 8 heteroatoms. The number of carbonyl (C=O) groups excluding carboxylic acids is 1. The number of nitrogens with one attached hydrogen (secondary N) is 2. The lowest BCUT2D eigenvalue weighted by Gasteiger charge is -2.11. The van der Waals surface area contributed by atoms with E-state index in [1.54, 1.807) is 0 Å². The highest BCUT2D eigenvalue weighted by Gasteiger charge is 2.17. The van der Waals surface area contributed by atoms with Gasteiger partial charge in [-0.2, -0.15) is 0 Å². The summed E-state index contributed by atoms with van der Waals surface area (Å²) in [6, 6.07) is 5.59. The van der Waals surface area contributed by atoms with Gasteiger partial charge in [-0.25, -0.2) is 0 Å². The second-order valence-corrected chi connectivity index (χ2v) is 6.81. The summed E-state index contributed by atoms with van der Waals surface area (Å²) in [5.74, 6) is 2.43. The van der Waals surface area contributed by atoms with Crippen LogP contribution in [0.3, 0.4) is 0 Å². The number of nitrogens with two attached hydrogens (primary N) is 1. The van der Waals surface area contributed by atoms with Crippen LogP contribution in [0, 0.1) is 5.92 Å². The highest BCUT2D eigenvalue weighted by atomic mass is 127. The predicted octanol–water partition coefficient (Wildman–Crippen LogP) is 2.89. The number of amides is 1. The zero-order valence-corrected chi connectivity index (χ0v) is 17.9. The summed E-state index contributed by atoms with van der Waals surface area (Å²) in [4.78, 5) is 16.1. The smallest absolute Gasteiger partial charge is 0.220 e. The van der Waals surface area contributed by atoms with Crippen molar-refractivity contribution in [3.8, 4) is 11.5 Å². The first-order valence-corrected chi connectivity index (χ1v) is 9.44. The van der Waals surface area contributed by atoms with Crippen molar-refractivity contribution >= 4 is 41.5 Å². The number of benzene rings is 1. The van der Waals surface area contributed by atoms with Crippen LogP contribution in [-0.4, -0.2) is 38.2 Å². The third kappa shape index (κ3) is 7.08. The van der Waals surface area contributed by atoms with Gasteiger partial charge in [0, 0.05) is 31.1 Å². The number of aliphatic imine (C=N–C) groups is 1. The van der Waals surface area contributed by atoms with Crippen molar-refractivity contribution in [1.82, 2.24) is 5.32 Å². The molecule has 1 aromatic carbocycles. The van der Waals surface area contributed by atoms with Gasteiger partial charge < -0.3 is 25.8 Å². The standard InChI is InChI=1S/C19H28N4O3.HI/c20-19(22-9-8-21-18(24)12-14-4-1-2-5-14)23-15-6-7-16-17(13-15)26-11-3-10-25-16;/h6-7,13-14H,1-5,8-12H2,(H,21,24)(H3,20,22,23);1H. The zero-order valence-electron chi connectivity index (χ0n) is 15.5. The molecule has 1 heterocycles. The summed E-state index contributed by atoms with van der Waals surface area (Å²) in [5.41, 5.74) is 6.71. The molecule has 1 aromatic rings. The molecule has 1 amide bonds. The normalized spacial score (nSPS) is 17.0. The van der Waals surface area contributed by atoms with Crippen molar-refractivity contribution in [2.24, 2.45) is 16.6 Å². The van der Waals surface area contributed by atoms with Crippen molar-refractivity contribution in [1.29, 1.82) is 0 Å². The largest absolute Gasteiger partial charge is 0.490 e. The van der Waals surface area contributed by atoms with Gasteiger partial charge in [0.05, 0.1) is 19.8 Å². The van der Waals surface area contributed by atoms with Gasteiger partial charge >= 0.3 is 0 Å². The second kappa shape index (κ2) is 11.2. The molecule has 1 aliphatic heterocycles. The fourth-order valence-corrected chi connectivity index (χ4v) is 3.35. The van der Waals surface area contributed by atoms with E-state index in [-0.39, 0.29) is 29.9 Å². The maximum absolute atomic E-state index is 11.9. The Morgan fingerprint density at radius 3 is 2.67 bits per heavy atom. The fraction of sp³-hybridized carbons (Fsp3) is 0.579. The molecule has 1 aliphatic carbocycles. The van der Waals surface area contributed by atoms with Crippen LogP contribution in [0.4, 0.5) is 5.69 Å². The van der Waals surface area contributed by atoms with E-state index in [1.807, 2.05) is 18.2 Å². The molecule has 0 radical (unpaired) electrons. The molecule has 4 N–H and O–H groups in total. The van der Waals surface area contributed by atoms with Crippen LogP contribution in [0.15, 0.2) is 23.2 Å². The number of rotatable bonds is 6. The van der Waals surface area contributed by atoms with E-state index in [1.165, 1.54) is 25.7 Å². The minimum Gasteiger partial charge on any atom is -0.490 e. The number of fused-ring (bicyclic) bond motifs is 1. The molecule has 1 saturated carbocycles. The third-order valence-electron chi connectivity index (χ3n) is 4.68. The van der Waals surface area contributed by atoms with Gasteiger partial charge in [0.25, 0.3) is 0 Å². The average molecular weight is 488 g/mol. The van der Waals surface area contributed by atoms with Gasteiger partial charge in [-0.3, -0.25) is 9.79 Å². The number of anilines is 1. The summed E-state index contributed by atoms with van der Waals surface area (Å²) in [7, 11) is 0. The lowest BCUT2D eigenvalue weighted by atomic mass is 10.0. The minimum absolute atomic E-state index is 0. The van der Waals surface area contributed by atoms with Crippen LogP contribution in [0.25, 0.3) is 0 Å². The van der Waals surface area contributed by atoms with E-state index in [9.17, 15) is 4.79 Å². The molecule has 0 saturated heterocycles. The molecule has 0 spiro atoms. The maximum Gasteiger partial charge on any atom is 0.220 e. The number of guanidine groups is 1. The lowest BCUT2D eigenvalue weighted by molar-refractivity contribution is -0.121. The lowest BCUT2D eigenvalue weighted by Crippen LogP contribution is -2.29. The van der Waals surface area contributed by atoms with E-state index >= 15 is 0 Å². The summed E-state index contributed by atoms with van der Waals surface area (Å²) < 4.78 is 11.3. The van der Waals surface area contributed by atoms with Crippen LogP contribution in [-0.2, 0) is 4.79 Å². The van der Waals surface area contributed by atoms with E-state index < -0.39 is 0 Å². The first-order valence-electron chi connectivity index (χ1n) is 9.44. The molecule has 27 heavy (non-hydrogen) atoms. The number of halogens is 1. The van der Waals surface area contributed by atoms with Gasteiger partial charge in [-0.1, -0.05) is 12.8 Å². The zero-order chi connectivity index (χ0) is 18.2. The van der Waals surface area contributed by atoms with Crippen LogP contribution < -0.4 is 25.8 Å². The Morgan fingerprint density at radius 1 is 1.15 bits per heavy atom. The Labute approximate surface area is 177 Å². The topological polar surface area (TPSA) is 98.0 Å². The highest BCUT2D eigenvalue weighted by Crippen LogP contribution is 2.32. The van der Waals surface area contributed by atoms with Gasteiger partial charge in [0.2, 0.25) is 5.91 Å². The van der Waals surface area contributed by atoms with Crippen molar-refractivity contribution in [3.63, 3.8) is 0 Å². The van der Waals surface area contributed by atoms with Gasteiger partial charge in [-0.15, -0.1) is 24.0 Å². The van der Waals surface area contributed by atoms with Crippen LogP contribution in [0.5, 0.6) is 11.5 Å². The summed E-state index contributed by atoms with van der Waals surface area (Å²) >= 11 is 0. The molecule has 2 aliphatic rings. The number of ether oxygens (including phenoxy) is 2. The Hall–Kier alpha value is -1.71. The van der Waals surface area contributed by atoms with E-state index in [0.717, 1.165) is 17.9 Å². The van der Waals surface area contributed by atoms with Crippen LogP contribution in [0.2, 0.25) is 0 Å². The third-order valence-corrected chi connectivity index (χ3v) is 4.68. The van der Waals surface area contributed by atoms with E-state index in [2.05, 4.69) is 15.6 Å². The molecule has 0 bridgehead atoms. The Bertz CT molecular complexity index is 648. The molecule has 1 fully saturated rings. The molecular formula is C19H29IN4O3. The van der Waals surface area contributed by atoms with Crippen LogP contribution in [0.1, 0.15) is 38.5 Å². The molecule has 0 atom stereocenters. The van der Waals surface area contributed by atoms with Gasteiger partial charge in [0.15, 0.2) is 17.5 Å². The van der Waals surface area contributed by atoms with Crippen molar-refractivity contribution in [2.45, 2.75) is 38.5 Å². The van der Waals surface area contributed by atoms with E-state index in [0.29, 0.717) is 50.4 Å². The quantitative estimate of drug-likeness (QED) is 0.248. The monoisotopic (exact) mass is 488 g/mol. The van der Waals surface area contributed by atoms with E-state index in [4.69, 9.17) is 15.2 Å². The summed E-state index contributed by atoms with van der Waals surface area (Å²) in [6.45, 7) is 2.24. The van der Waals surface area contributed by atoms with Gasteiger partial charge in [0.1, 0.15) is 0 Å². The molecule has 3 rings (SSSR count). The molecule has 7 nitrogen and oxygen atoms in total. The first-order chi connectivity index (χ1) is 12.7. The molecule has 150 valence electrons. The molecule has 0 aromatic heterocycles. The number of hydrogen-bond donors (Lipinski definition) is 3. The number of carbonyl (C=O) groups is 1. The highest BCUT2D eigenvalue weighted by molar-refractivity contribution is 14.0. The van der Waals surface area contributed by atoms with Crippen molar-refractivity contribution in [3.05, 3.63) is 18.2 Å². The molecule has 0 unspecified atom stereocenters. The second-order valence-electron chi connectivity index (χ2n) is 6.81. The molecular weight excluding hydrogens is 459 g/mol.